The van der Waals surface area contributed by atoms with Crippen molar-refractivity contribution in [2.45, 2.75) is 19.4 Å². The maximum atomic E-state index is 9.91. The van der Waals surface area contributed by atoms with Gasteiger partial charge in [-0.3, -0.25) is 0 Å². The second-order valence-corrected chi connectivity index (χ2v) is 3.27. The molecule has 5 nitrogen and oxygen atoms in total. The molecule has 0 aliphatic carbocycles. The van der Waals surface area contributed by atoms with E-state index in [2.05, 4.69) is 4.52 Å². The van der Waals surface area contributed by atoms with E-state index in [1.54, 1.807) is 6.92 Å². The number of phosphoric ester groups is 1. The third kappa shape index (κ3) is 17.9. The number of hydrogen-bond donors (Lipinski definition) is 0. The fourth-order valence-corrected chi connectivity index (χ4v) is 0.777. The van der Waals surface area contributed by atoms with Crippen LogP contribution in [0.5, 0.6) is 0 Å². The molecule has 0 rings (SSSR count). The first kappa shape index (κ1) is 21.6. The molecular formula is C5H11K2O5P. The average Bonchev–Trinajstić information content (AvgIpc) is 1.85. The quantitative estimate of drug-likeness (QED) is 0.362. The van der Waals surface area contributed by atoms with E-state index < -0.39 is 7.82 Å². The van der Waals surface area contributed by atoms with E-state index in [0.29, 0.717) is 6.42 Å². The first-order chi connectivity index (χ1) is 4.95. The van der Waals surface area contributed by atoms with Gasteiger partial charge in [0.2, 0.25) is 0 Å². The van der Waals surface area contributed by atoms with Gasteiger partial charge in [-0.1, -0.05) is 0 Å². The zero-order chi connectivity index (χ0) is 8.91. The smallest absolute Gasteiger partial charge is 0.790 e. The first-order valence-corrected chi connectivity index (χ1v) is 4.61. The van der Waals surface area contributed by atoms with Gasteiger partial charge in [0.25, 0.3) is 0 Å². The minimum atomic E-state index is -4.79. The molecule has 0 saturated carbocycles. The maximum Gasteiger partial charge on any atom is 1.00 e. The van der Waals surface area contributed by atoms with Crippen LogP contribution < -0.4 is 113 Å². The van der Waals surface area contributed by atoms with Crippen molar-refractivity contribution < 1.29 is 126 Å². The third-order valence-corrected chi connectivity index (χ3v) is 1.67. The molecule has 8 heteroatoms. The molecule has 0 aliphatic heterocycles. The summed E-state index contributed by atoms with van der Waals surface area (Å²) in [6.45, 7) is 1.64. The van der Waals surface area contributed by atoms with Crippen LogP contribution in [0.4, 0.5) is 0 Å². The van der Waals surface area contributed by atoms with Gasteiger partial charge in [0.15, 0.2) is 0 Å². The van der Waals surface area contributed by atoms with Crippen LogP contribution in [0.2, 0.25) is 0 Å². The first-order valence-electron chi connectivity index (χ1n) is 3.15. The van der Waals surface area contributed by atoms with E-state index in [0.717, 1.165) is 0 Å². The average molecular weight is 260 g/mol. The second-order valence-electron chi connectivity index (χ2n) is 2.12. The van der Waals surface area contributed by atoms with Crippen LogP contribution in [0.15, 0.2) is 0 Å². The Kier molecular flexibility index (Phi) is 19.6. The van der Waals surface area contributed by atoms with Crippen molar-refractivity contribution in [3.63, 3.8) is 0 Å². The van der Waals surface area contributed by atoms with Gasteiger partial charge in [-0.2, -0.15) is 0 Å². The van der Waals surface area contributed by atoms with Gasteiger partial charge < -0.3 is 23.6 Å². The summed E-state index contributed by atoms with van der Waals surface area (Å²) in [6.07, 6.45) is 0.298. The molecule has 0 amide bonds. The van der Waals surface area contributed by atoms with Crippen LogP contribution >= 0.6 is 7.82 Å². The third-order valence-electron chi connectivity index (χ3n) is 1.18. The molecule has 0 saturated heterocycles. The molecule has 1 unspecified atom stereocenters. The van der Waals surface area contributed by atoms with E-state index >= 15 is 0 Å². The monoisotopic (exact) mass is 260 g/mol. The van der Waals surface area contributed by atoms with Crippen molar-refractivity contribution in [3.8, 4) is 0 Å². The molecule has 1 atom stereocenters. The van der Waals surface area contributed by atoms with Crippen molar-refractivity contribution in [3.05, 3.63) is 0 Å². The van der Waals surface area contributed by atoms with Crippen molar-refractivity contribution >= 4 is 7.82 Å². The van der Waals surface area contributed by atoms with E-state index in [4.69, 9.17) is 4.74 Å². The standard InChI is InChI=1S/C5H13O5P.2K/c1-5(9-2)3-4-10-11(6,7)8;;/h5H,3-4H2,1-2H3,(H2,6,7,8);;/q;2*+1/p-2. The molecule has 0 fully saturated rings. The van der Waals surface area contributed by atoms with Gasteiger partial charge in [0.05, 0.1) is 20.5 Å². The molecule has 0 spiro atoms. The summed E-state index contributed by atoms with van der Waals surface area (Å²) >= 11 is 0. The van der Waals surface area contributed by atoms with Crippen molar-refractivity contribution in [1.82, 2.24) is 0 Å². The largest absolute Gasteiger partial charge is 1.00 e. The topological polar surface area (TPSA) is 81.7 Å². The summed E-state index contributed by atoms with van der Waals surface area (Å²) in [5.74, 6) is 0. The van der Waals surface area contributed by atoms with Crippen molar-refractivity contribution in [2.24, 2.45) is 0 Å². The molecule has 0 radical (unpaired) electrons. The van der Waals surface area contributed by atoms with Gasteiger partial charge in [-0.25, -0.2) is 0 Å². The number of phosphoric acid groups is 1. The van der Waals surface area contributed by atoms with Gasteiger partial charge in [-0.05, 0) is 13.3 Å². The number of rotatable bonds is 5. The molecular weight excluding hydrogens is 249 g/mol. The fraction of sp³-hybridized carbons (Fsp3) is 1.00. The van der Waals surface area contributed by atoms with E-state index in [-0.39, 0.29) is 115 Å². The SMILES string of the molecule is COC(C)CCOP(=O)([O-])[O-].[K+].[K+]. The summed E-state index contributed by atoms with van der Waals surface area (Å²) in [4.78, 5) is 19.8. The normalized spacial score (nSPS) is 12.6. The maximum absolute atomic E-state index is 9.91. The zero-order valence-corrected chi connectivity index (χ0v) is 15.6. The molecule has 0 aliphatic rings. The van der Waals surface area contributed by atoms with E-state index in [1.165, 1.54) is 7.11 Å². The summed E-state index contributed by atoms with van der Waals surface area (Å²) in [6, 6.07) is 0. The number of ether oxygens (including phenoxy) is 1. The Balaban J connectivity index is -0.000000500. The van der Waals surface area contributed by atoms with Crippen LogP contribution in [0.3, 0.4) is 0 Å². The Hall–Kier alpha value is 3.34. The van der Waals surface area contributed by atoms with Gasteiger partial charge in [0.1, 0.15) is 0 Å². The van der Waals surface area contributed by atoms with Crippen LogP contribution in [0.1, 0.15) is 13.3 Å². The van der Waals surface area contributed by atoms with Gasteiger partial charge >= 0.3 is 103 Å². The molecule has 0 N–H and O–H groups in total. The Labute approximate surface area is 163 Å². The van der Waals surface area contributed by atoms with Gasteiger partial charge in [-0.15, -0.1) is 0 Å². The Morgan fingerprint density at radius 1 is 1.38 bits per heavy atom. The minimum Gasteiger partial charge on any atom is -0.790 e. The zero-order valence-electron chi connectivity index (χ0n) is 8.48. The van der Waals surface area contributed by atoms with Crippen LogP contribution in [-0.4, -0.2) is 19.8 Å². The van der Waals surface area contributed by atoms with Crippen molar-refractivity contribution in [1.29, 1.82) is 0 Å². The molecule has 68 valence electrons. The predicted molar refractivity (Wildman–Crippen MR) is 34.6 cm³/mol. The summed E-state index contributed by atoms with van der Waals surface area (Å²) in [7, 11) is -3.29. The van der Waals surface area contributed by atoms with Crippen LogP contribution in [-0.2, 0) is 13.8 Å². The molecule has 0 aromatic heterocycles. The predicted octanol–water partition coefficient (Wildman–Crippen LogP) is -6.74. The number of hydrogen-bond acceptors (Lipinski definition) is 5. The van der Waals surface area contributed by atoms with Crippen LogP contribution in [0, 0.1) is 0 Å². The molecule has 0 heterocycles. The van der Waals surface area contributed by atoms with Gasteiger partial charge in [0, 0.05) is 7.11 Å². The molecule has 0 aromatic rings. The summed E-state index contributed by atoms with van der Waals surface area (Å²) in [5.41, 5.74) is 0. The summed E-state index contributed by atoms with van der Waals surface area (Å²) in [5, 5.41) is 0. The number of methoxy groups -OCH3 is 1. The Morgan fingerprint density at radius 2 is 1.85 bits per heavy atom. The summed E-state index contributed by atoms with van der Waals surface area (Å²) < 4.78 is 18.7. The molecule has 0 aromatic carbocycles. The fourth-order valence-electron chi connectivity index (χ4n) is 0.448. The Bertz CT molecular complexity index is 150. The van der Waals surface area contributed by atoms with E-state index in [9.17, 15) is 14.4 Å². The van der Waals surface area contributed by atoms with Crippen LogP contribution in [0.25, 0.3) is 0 Å². The van der Waals surface area contributed by atoms with Crippen molar-refractivity contribution in [2.75, 3.05) is 13.7 Å². The molecule has 13 heavy (non-hydrogen) atoms. The molecule has 0 bridgehead atoms. The second kappa shape index (κ2) is 11.8. The Morgan fingerprint density at radius 3 is 2.15 bits per heavy atom. The van der Waals surface area contributed by atoms with E-state index in [1.807, 2.05) is 0 Å². The minimum absolute atomic E-state index is 0.